The summed E-state index contributed by atoms with van der Waals surface area (Å²) in [6.45, 7) is 7.46. The molecule has 0 spiro atoms. The van der Waals surface area contributed by atoms with Gasteiger partial charge in [-0.25, -0.2) is 8.42 Å². The molecule has 2 aliphatic rings. The highest BCUT2D eigenvalue weighted by molar-refractivity contribution is 7.93. The number of benzene rings is 2. The van der Waals surface area contributed by atoms with Crippen molar-refractivity contribution >= 4 is 27.3 Å². The van der Waals surface area contributed by atoms with Crippen molar-refractivity contribution in [3.05, 3.63) is 59.2 Å². The topological polar surface area (TPSA) is 70.2 Å². The van der Waals surface area contributed by atoms with Crippen LogP contribution in [-0.2, 0) is 14.8 Å². The lowest BCUT2D eigenvalue weighted by Crippen LogP contribution is -2.49. The summed E-state index contributed by atoms with van der Waals surface area (Å²) in [6.07, 6.45) is 0.543. The lowest BCUT2D eigenvalue weighted by atomic mass is 10.1. The van der Waals surface area contributed by atoms with Crippen LogP contribution in [0.4, 0.5) is 11.4 Å². The van der Waals surface area contributed by atoms with Crippen molar-refractivity contribution in [3.8, 4) is 0 Å². The van der Waals surface area contributed by atoms with Gasteiger partial charge < -0.3 is 14.5 Å². The van der Waals surface area contributed by atoms with Crippen LogP contribution in [0.3, 0.4) is 0 Å². The smallest absolute Gasteiger partial charge is 0.253 e. The molecule has 7 nitrogen and oxygen atoms in total. The summed E-state index contributed by atoms with van der Waals surface area (Å²) in [5.74, 6) is 0.0986. The first-order chi connectivity index (χ1) is 15.3. The van der Waals surface area contributed by atoms with Crippen molar-refractivity contribution in [2.75, 3.05) is 54.9 Å². The van der Waals surface area contributed by atoms with Crippen LogP contribution in [0, 0.1) is 13.8 Å². The molecule has 0 N–H and O–H groups in total. The molecular formula is C24H31N3O4S. The summed E-state index contributed by atoms with van der Waals surface area (Å²) in [5.41, 5.74) is 4.89. The molecule has 8 heteroatoms. The standard InChI is InChI=1S/C24H31N3O4S/c1-18-4-9-23(19(2)16-18)25-11-13-26(14-12-25)24(28)20-5-7-21(8-6-20)27-22(17-31-3)10-15-32(27,29)30/h4-9,16,22H,10-15,17H2,1-3H3/t22-/m0/s1. The number of carbonyl (C=O) groups is 1. The molecule has 0 radical (unpaired) electrons. The molecule has 2 fully saturated rings. The fraction of sp³-hybridized carbons (Fsp3) is 0.458. The molecule has 0 aromatic heterocycles. The van der Waals surface area contributed by atoms with Gasteiger partial charge in [-0.3, -0.25) is 9.10 Å². The van der Waals surface area contributed by atoms with Crippen LogP contribution in [-0.4, -0.2) is 70.9 Å². The number of aryl methyl sites for hydroxylation is 2. The van der Waals surface area contributed by atoms with E-state index in [-0.39, 0.29) is 17.7 Å². The van der Waals surface area contributed by atoms with E-state index in [0.717, 1.165) is 13.1 Å². The highest BCUT2D eigenvalue weighted by atomic mass is 32.2. The van der Waals surface area contributed by atoms with E-state index in [9.17, 15) is 13.2 Å². The van der Waals surface area contributed by atoms with Gasteiger partial charge in [-0.05, 0) is 56.2 Å². The zero-order valence-corrected chi connectivity index (χ0v) is 19.8. The van der Waals surface area contributed by atoms with E-state index in [1.807, 2.05) is 4.90 Å². The van der Waals surface area contributed by atoms with Gasteiger partial charge in [0, 0.05) is 44.5 Å². The minimum absolute atomic E-state index is 0.0189. The maximum Gasteiger partial charge on any atom is 0.253 e. The number of nitrogens with zero attached hydrogens (tertiary/aromatic N) is 3. The number of methoxy groups -OCH3 is 1. The van der Waals surface area contributed by atoms with Crippen molar-refractivity contribution < 1.29 is 17.9 Å². The van der Waals surface area contributed by atoms with Gasteiger partial charge in [0.25, 0.3) is 5.91 Å². The molecule has 1 atom stereocenters. The van der Waals surface area contributed by atoms with E-state index in [2.05, 4.69) is 36.9 Å². The molecule has 32 heavy (non-hydrogen) atoms. The van der Waals surface area contributed by atoms with E-state index < -0.39 is 10.0 Å². The van der Waals surface area contributed by atoms with Crippen molar-refractivity contribution in [1.29, 1.82) is 0 Å². The Labute approximate surface area is 190 Å². The Balaban J connectivity index is 1.42. The molecule has 1 amide bonds. The normalized spacial score (nSPS) is 20.6. The highest BCUT2D eigenvalue weighted by Crippen LogP contribution is 2.30. The fourth-order valence-electron chi connectivity index (χ4n) is 4.69. The van der Waals surface area contributed by atoms with Crippen molar-refractivity contribution in [2.45, 2.75) is 26.3 Å². The number of sulfonamides is 1. The molecule has 0 bridgehead atoms. The zero-order valence-electron chi connectivity index (χ0n) is 19.0. The number of ether oxygens (including phenoxy) is 1. The predicted octanol–water partition coefficient (Wildman–Crippen LogP) is 2.82. The van der Waals surface area contributed by atoms with Crippen LogP contribution in [0.15, 0.2) is 42.5 Å². The Hall–Kier alpha value is -2.58. The van der Waals surface area contributed by atoms with Crippen LogP contribution in [0.5, 0.6) is 0 Å². The summed E-state index contributed by atoms with van der Waals surface area (Å²) in [6, 6.07) is 13.2. The third kappa shape index (κ3) is 4.47. The zero-order chi connectivity index (χ0) is 22.9. The molecule has 0 unspecified atom stereocenters. The minimum Gasteiger partial charge on any atom is -0.383 e. The summed E-state index contributed by atoms with van der Waals surface area (Å²) in [4.78, 5) is 17.2. The number of rotatable bonds is 5. The number of hydrogen-bond donors (Lipinski definition) is 0. The Morgan fingerprint density at radius 1 is 1.03 bits per heavy atom. The van der Waals surface area contributed by atoms with Gasteiger partial charge in [0.05, 0.1) is 24.1 Å². The SMILES string of the molecule is COC[C@@H]1CCS(=O)(=O)N1c1ccc(C(=O)N2CCN(c3ccc(C)cc3C)CC2)cc1. The molecule has 0 aliphatic carbocycles. The second-order valence-electron chi connectivity index (χ2n) is 8.63. The first-order valence-electron chi connectivity index (χ1n) is 11.0. The van der Waals surface area contributed by atoms with Gasteiger partial charge in [-0.1, -0.05) is 17.7 Å². The monoisotopic (exact) mass is 457 g/mol. The predicted molar refractivity (Wildman–Crippen MR) is 127 cm³/mol. The Kier molecular flexibility index (Phi) is 6.44. The van der Waals surface area contributed by atoms with Gasteiger partial charge in [-0.15, -0.1) is 0 Å². The quantitative estimate of drug-likeness (QED) is 0.691. The average molecular weight is 458 g/mol. The van der Waals surface area contributed by atoms with E-state index in [1.54, 1.807) is 31.4 Å². The number of hydrogen-bond acceptors (Lipinski definition) is 5. The largest absolute Gasteiger partial charge is 0.383 e. The second kappa shape index (κ2) is 9.11. The first kappa shape index (κ1) is 22.6. The van der Waals surface area contributed by atoms with Crippen molar-refractivity contribution in [3.63, 3.8) is 0 Å². The average Bonchev–Trinajstić information content (AvgIpc) is 3.08. The van der Waals surface area contributed by atoms with Crippen LogP contribution in [0.1, 0.15) is 27.9 Å². The van der Waals surface area contributed by atoms with Gasteiger partial charge in [0.1, 0.15) is 0 Å². The van der Waals surface area contributed by atoms with Crippen LogP contribution < -0.4 is 9.21 Å². The molecule has 2 aromatic rings. The van der Waals surface area contributed by atoms with E-state index in [0.29, 0.717) is 37.4 Å². The van der Waals surface area contributed by atoms with Crippen molar-refractivity contribution in [1.82, 2.24) is 4.90 Å². The van der Waals surface area contributed by atoms with Crippen molar-refractivity contribution in [2.24, 2.45) is 0 Å². The van der Waals surface area contributed by atoms with Gasteiger partial charge in [0.2, 0.25) is 10.0 Å². The molecule has 0 saturated carbocycles. The minimum atomic E-state index is -3.35. The molecule has 2 aromatic carbocycles. The first-order valence-corrected chi connectivity index (χ1v) is 12.6. The molecule has 172 valence electrons. The Morgan fingerprint density at radius 3 is 2.34 bits per heavy atom. The maximum absolute atomic E-state index is 13.0. The summed E-state index contributed by atoms with van der Waals surface area (Å²) in [5, 5.41) is 0. The molecule has 2 saturated heterocycles. The Morgan fingerprint density at radius 2 is 1.72 bits per heavy atom. The van der Waals surface area contributed by atoms with Crippen LogP contribution >= 0.6 is 0 Å². The maximum atomic E-state index is 13.0. The van der Waals surface area contributed by atoms with E-state index in [1.165, 1.54) is 21.1 Å². The molecule has 2 aliphatic heterocycles. The van der Waals surface area contributed by atoms with Crippen LogP contribution in [0.25, 0.3) is 0 Å². The third-order valence-electron chi connectivity index (χ3n) is 6.33. The molecule has 2 heterocycles. The van der Waals surface area contributed by atoms with Gasteiger partial charge >= 0.3 is 0 Å². The van der Waals surface area contributed by atoms with Crippen LogP contribution in [0.2, 0.25) is 0 Å². The van der Waals surface area contributed by atoms with E-state index in [4.69, 9.17) is 4.74 Å². The number of anilines is 2. The fourth-order valence-corrected chi connectivity index (χ4v) is 6.52. The summed E-state index contributed by atoms with van der Waals surface area (Å²) < 4.78 is 31.6. The lowest BCUT2D eigenvalue weighted by Gasteiger charge is -2.37. The number of piperazine rings is 1. The third-order valence-corrected chi connectivity index (χ3v) is 8.19. The van der Waals surface area contributed by atoms with Gasteiger partial charge in [0.15, 0.2) is 0 Å². The molecule has 4 rings (SSSR count). The number of amides is 1. The summed E-state index contributed by atoms with van der Waals surface area (Å²) in [7, 11) is -1.78. The Bertz CT molecular complexity index is 1080. The van der Waals surface area contributed by atoms with Gasteiger partial charge in [-0.2, -0.15) is 0 Å². The lowest BCUT2D eigenvalue weighted by molar-refractivity contribution is 0.0747. The summed E-state index contributed by atoms with van der Waals surface area (Å²) >= 11 is 0. The number of carbonyl (C=O) groups excluding carboxylic acids is 1. The second-order valence-corrected chi connectivity index (χ2v) is 10.6. The highest BCUT2D eigenvalue weighted by Gasteiger charge is 2.37. The van der Waals surface area contributed by atoms with E-state index >= 15 is 0 Å². The molecular weight excluding hydrogens is 426 g/mol.